The largest absolute Gasteiger partial charge is 0.399 e. The number of nitrogens with zero attached hydrogens (tertiary/aromatic N) is 1. The summed E-state index contributed by atoms with van der Waals surface area (Å²) in [4.78, 5) is -0.148. The number of anilines is 1. The monoisotopic (exact) mass is 304 g/mol. The summed E-state index contributed by atoms with van der Waals surface area (Å²) in [6.07, 6.45) is 0. The van der Waals surface area contributed by atoms with Crippen LogP contribution >= 0.6 is 0 Å². The molecule has 0 atom stereocenters. The highest BCUT2D eigenvalue weighted by Gasteiger charge is 2.50. The molecule has 7 nitrogen and oxygen atoms in total. The van der Waals surface area contributed by atoms with Gasteiger partial charge in [-0.25, -0.2) is 8.42 Å². The molecule has 0 aliphatic carbocycles. The van der Waals surface area contributed by atoms with Gasteiger partial charge in [0.25, 0.3) is 5.91 Å². The fourth-order valence-electron chi connectivity index (χ4n) is 1.63. The summed E-state index contributed by atoms with van der Waals surface area (Å²) in [5, 5.41) is 29.8. The van der Waals surface area contributed by atoms with Crippen LogP contribution in [0.15, 0.2) is 29.2 Å². The first-order chi connectivity index (χ1) is 8.94. The molecule has 8 heteroatoms. The van der Waals surface area contributed by atoms with Gasteiger partial charge in [-0.1, -0.05) is 6.92 Å². The Kier molecular flexibility index (Phi) is 4.47. The van der Waals surface area contributed by atoms with Crippen LogP contribution in [0.1, 0.15) is 20.8 Å². The molecule has 1 rings (SSSR count). The molecule has 0 aromatic heterocycles. The Bertz CT molecular complexity index is 561. The Balaban J connectivity index is 3.34. The topological polar surface area (TPSA) is 124 Å². The van der Waals surface area contributed by atoms with Crippen LogP contribution in [0.3, 0.4) is 0 Å². The second-order valence-electron chi connectivity index (χ2n) is 4.93. The van der Waals surface area contributed by atoms with Gasteiger partial charge in [0.1, 0.15) is 5.60 Å². The molecule has 114 valence electrons. The molecule has 0 saturated carbocycles. The van der Waals surface area contributed by atoms with Gasteiger partial charge in [-0.3, -0.25) is 0 Å². The summed E-state index contributed by atoms with van der Waals surface area (Å²) in [5.41, 5.74) is 3.80. The van der Waals surface area contributed by atoms with Gasteiger partial charge in [0.05, 0.1) is 4.90 Å². The van der Waals surface area contributed by atoms with Crippen molar-refractivity contribution in [2.45, 2.75) is 37.2 Å². The molecule has 0 amide bonds. The number of nitrogens with two attached hydrogens (primary N) is 1. The summed E-state index contributed by atoms with van der Waals surface area (Å²) in [6, 6.07) is 5.30. The van der Waals surface area contributed by atoms with E-state index in [1.54, 1.807) is 0 Å². The lowest BCUT2D eigenvalue weighted by Gasteiger charge is -2.40. The highest BCUT2D eigenvalue weighted by atomic mass is 32.2. The van der Waals surface area contributed by atoms with Crippen molar-refractivity contribution in [1.29, 1.82) is 0 Å². The van der Waals surface area contributed by atoms with Gasteiger partial charge in [0.2, 0.25) is 10.0 Å². The second-order valence-corrected chi connectivity index (χ2v) is 6.80. The van der Waals surface area contributed by atoms with Gasteiger partial charge in [0.15, 0.2) is 0 Å². The summed E-state index contributed by atoms with van der Waals surface area (Å²) in [6.45, 7) is 3.41. The number of nitrogen functional groups attached to an aromatic ring is 1. The van der Waals surface area contributed by atoms with E-state index in [2.05, 4.69) is 0 Å². The minimum atomic E-state index is -4.19. The van der Waals surface area contributed by atoms with E-state index in [0.717, 1.165) is 13.8 Å². The first-order valence-corrected chi connectivity index (χ1v) is 7.44. The predicted octanol–water partition coefficient (Wildman–Crippen LogP) is -0.311. The molecule has 0 unspecified atom stereocenters. The van der Waals surface area contributed by atoms with Crippen molar-refractivity contribution in [1.82, 2.24) is 4.31 Å². The van der Waals surface area contributed by atoms with Gasteiger partial charge in [-0.05, 0) is 38.1 Å². The molecular formula is C12H20N2O5S. The third kappa shape index (κ3) is 2.94. The Hall–Kier alpha value is -1.19. The Morgan fingerprint density at radius 3 is 1.95 bits per heavy atom. The van der Waals surface area contributed by atoms with Crippen molar-refractivity contribution in [3.05, 3.63) is 24.3 Å². The number of hydrogen-bond acceptors (Lipinski definition) is 6. The van der Waals surface area contributed by atoms with Crippen LogP contribution in [0.5, 0.6) is 0 Å². The van der Waals surface area contributed by atoms with Crippen molar-refractivity contribution in [3.63, 3.8) is 0 Å². The van der Waals surface area contributed by atoms with E-state index in [0.29, 0.717) is 9.99 Å². The molecule has 0 aliphatic rings. The number of aliphatic hydroxyl groups is 3. The highest BCUT2D eigenvalue weighted by Crippen LogP contribution is 2.29. The maximum atomic E-state index is 12.4. The zero-order chi connectivity index (χ0) is 15.8. The summed E-state index contributed by atoms with van der Waals surface area (Å²) in [5.74, 6) is -2.94. The maximum absolute atomic E-state index is 12.4. The Morgan fingerprint density at radius 1 is 1.15 bits per heavy atom. The number of benzene rings is 1. The Morgan fingerprint density at radius 2 is 1.60 bits per heavy atom. The average molecular weight is 304 g/mol. The van der Waals surface area contributed by atoms with Crippen molar-refractivity contribution in [2.75, 3.05) is 12.3 Å². The van der Waals surface area contributed by atoms with E-state index in [1.807, 2.05) is 0 Å². The van der Waals surface area contributed by atoms with Crippen molar-refractivity contribution >= 4 is 15.7 Å². The van der Waals surface area contributed by atoms with Crippen LogP contribution in [0.4, 0.5) is 5.69 Å². The molecule has 1 aromatic rings. The fraction of sp³-hybridized carbons (Fsp3) is 0.500. The van der Waals surface area contributed by atoms with Crippen molar-refractivity contribution in [2.24, 2.45) is 0 Å². The number of hydrogen-bond donors (Lipinski definition) is 4. The van der Waals surface area contributed by atoms with E-state index in [1.165, 1.54) is 31.2 Å². The summed E-state index contributed by atoms with van der Waals surface area (Å²) >= 11 is 0. The molecule has 20 heavy (non-hydrogen) atoms. The Labute approximate surface area is 118 Å². The SMILES string of the molecule is CCN(C(O)(O)C(C)(C)O)S(=O)(=O)c1ccc(N)cc1. The quantitative estimate of drug-likeness (QED) is 0.437. The molecule has 1 aromatic carbocycles. The number of rotatable bonds is 5. The molecule has 0 heterocycles. The van der Waals surface area contributed by atoms with E-state index < -0.39 is 21.5 Å². The maximum Gasteiger partial charge on any atom is 0.268 e. The molecular weight excluding hydrogens is 284 g/mol. The zero-order valence-corrected chi connectivity index (χ0v) is 12.4. The molecule has 0 fully saturated rings. The van der Waals surface area contributed by atoms with Crippen LogP contribution in [-0.4, -0.2) is 46.1 Å². The number of likely N-dealkylation sites (N-methyl/N-ethyl adjacent to an activating group) is 1. The minimum Gasteiger partial charge on any atom is -0.399 e. The van der Waals surface area contributed by atoms with Crippen molar-refractivity contribution in [3.8, 4) is 0 Å². The van der Waals surface area contributed by atoms with Crippen LogP contribution < -0.4 is 5.73 Å². The summed E-state index contributed by atoms with van der Waals surface area (Å²) in [7, 11) is -4.19. The molecule has 0 saturated heterocycles. The molecule has 0 spiro atoms. The van der Waals surface area contributed by atoms with Gasteiger partial charge in [-0.15, -0.1) is 4.31 Å². The lowest BCUT2D eigenvalue weighted by atomic mass is 10.1. The van der Waals surface area contributed by atoms with E-state index in [-0.39, 0.29) is 11.4 Å². The van der Waals surface area contributed by atoms with Crippen LogP contribution in [-0.2, 0) is 10.0 Å². The first-order valence-electron chi connectivity index (χ1n) is 6.00. The van der Waals surface area contributed by atoms with Crippen molar-refractivity contribution < 1.29 is 23.7 Å². The second kappa shape index (κ2) is 5.30. The summed E-state index contributed by atoms with van der Waals surface area (Å²) < 4.78 is 25.3. The lowest BCUT2D eigenvalue weighted by molar-refractivity contribution is -0.316. The van der Waals surface area contributed by atoms with E-state index >= 15 is 0 Å². The van der Waals surface area contributed by atoms with Crippen LogP contribution in [0.2, 0.25) is 0 Å². The zero-order valence-electron chi connectivity index (χ0n) is 11.6. The normalized spacial score (nSPS) is 13.8. The lowest BCUT2D eigenvalue weighted by Crippen LogP contribution is -2.63. The van der Waals surface area contributed by atoms with E-state index in [4.69, 9.17) is 5.73 Å². The standard InChI is InChI=1S/C12H20N2O5S/c1-4-14(12(16,17)11(2,3)15)20(18,19)10-7-5-9(13)6-8-10/h5-8,15-17H,4,13H2,1-3H3. The van der Waals surface area contributed by atoms with Gasteiger partial charge in [-0.2, -0.15) is 0 Å². The van der Waals surface area contributed by atoms with E-state index in [9.17, 15) is 23.7 Å². The predicted molar refractivity (Wildman–Crippen MR) is 73.9 cm³/mol. The average Bonchev–Trinajstić information content (AvgIpc) is 2.28. The molecule has 0 radical (unpaired) electrons. The molecule has 5 N–H and O–H groups in total. The third-order valence-electron chi connectivity index (χ3n) is 2.92. The smallest absolute Gasteiger partial charge is 0.268 e. The fourth-order valence-corrected chi connectivity index (χ4v) is 3.26. The third-order valence-corrected chi connectivity index (χ3v) is 4.88. The minimum absolute atomic E-state index is 0.148. The first kappa shape index (κ1) is 16.9. The molecule has 0 bridgehead atoms. The van der Waals surface area contributed by atoms with Crippen LogP contribution in [0, 0.1) is 0 Å². The van der Waals surface area contributed by atoms with Gasteiger partial charge in [0, 0.05) is 12.2 Å². The number of sulfonamides is 1. The highest BCUT2D eigenvalue weighted by molar-refractivity contribution is 7.89. The van der Waals surface area contributed by atoms with Crippen LogP contribution in [0.25, 0.3) is 0 Å². The van der Waals surface area contributed by atoms with Gasteiger partial charge < -0.3 is 21.1 Å². The molecule has 0 aliphatic heterocycles. The van der Waals surface area contributed by atoms with Gasteiger partial charge >= 0.3 is 0 Å².